The molecule has 0 saturated carbocycles. The van der Waals surface area contributed by atoms with Crippen molar-refractivity contribution >= 4 is 0 Å². The molecule has 1 rings (SSSR count). The van der Waals surface area contributed by atoms with Crippen molar-refractivity contribution in [2.45, 2.75) is 33.2 Å². The van der Waals surface area contributed by atoms with Crippen molar-refractivity contribution in [2.75, 3.05) is 19.8 Å². The first-order valence-electron chi connectivity index (χ1n) is 6.56. The molecule has 0 saturated heterocycles. The van der Waals surface area contributed by atoms with Crippen LogP contribution in [0.1, 0.15) is 24.5 Å². The molecule has 0 aliphatic rings. The number of ether oxygens (including phenoxy) is 2. The molecule has 0 heterocycles. The van der Waals surface area contributed by atoms with Crippen LogP contribution in [0.25, 0.3) is 0 Å². The Labute approximate surface area is 117 Å². The van der Waals surface area contributed by atoms with E-state index in [-0.39, 0.29) is 6.61 Å². The van der Waals surface area contributed by atoms with Gasteiger partial charge >= 0.3 is 6.36 Å². The SMILES string of the molecule is CCCNCc1cccc(C)c1OCCOC(F)(F)F. The number of para-hydroxylation sites is 1. The lowest BCUT2D eigenvalue weighted by atomic mass is 10.1. The third-order valence-electron chi connectivity index (χ3n) is 2.63. The molecule has 114 valence electrons. The van der Waals surface area contributed by atoms with Crippen LogP contribution in [0.2, 0.25) is 0 Å². The zero-order valence-corrected chi connectivity index (χ0v) is 11.7. The van der Waals surface area contributed by atoms with Gasteiger partial charge in [0.1, 0.15) is 12.4 Å². The van der Waals surface area contributed by atoms with Gasteiger partial charge < -0.3 is 10.1 Å². The summed E-state index contributed by atoms with van der Waals surface area (Å²) in [7, 11) is 0. The first-order chi connectivity index (χ1) is 9.44. The van der Waals surface area contributed by atoms with Crippen LogP contribution in [0.4, 0.5) is 13.2 Å². The largest absolute Gasteiger partial charge is 0.522 e. The van der Waals surface area contributed by atoms with Gasteiger partial charge in [-0.15, -0.1) is 13.2 Å². The van der Waals surface area contributed by atoms with Crippen LogP contribution in [-0.4, -0.2) is 26.1 Å². The maximum absolute atomic E-state index is 11.9. The molecule has 0 aliphatic heterocycles. The molecule has 20 heavy (non-hydrogen) atoms. The van der Waals surface area contributed by atoms with Gasteiger partial charge in [0.05, 0.1) is 6.61 Å². The highest BCUT2D eigenvalue weighted by molar-refractivity contribution is 5.40. The van der Waals surface area contributed by atoms with E-state index in [2.05, 4.69) is 17.0 Å². The summed E-state index contributed by atoms with van der Waals surface area (Å²) in [4.78, 5) is 0. The van der Waals surface area contributed by atoms with Gasteiger partial charge in [0.2, 0.25) is 0 Å². The van der Waals surface area contributed by atoms with Gasteiger partial charge in [-0.05, 0) is 25.5 Å². The molecule has 0 bridgehead atoms. The number of hydrogen-bond acceptors (Lipinski definition) is 3. The van der Waals surface area contributed by atoms with Crippen LogP contribution in [0, 0.1) is 6.92 Å². The van der Waals surface area contributed by atoms with Crippen LogP contribution >= 0.6 is 0 Å². The van der Waals surface area contributed by atoms with E-state index in [4.69, 9.17) is 4.74 Å². The smallest absolute Gasteiger partial charge is 0.491 e. The first-order valence-corrected chi connectivity index (χ1v) is 6.56. The van der Waals surface area contributed by atoms with Gasteiger partial charge in [0.15, 0.2) is 0 Å². The van der Waals surface area contributed by atoms with E-state index in [0.717, 1.165) is 24.1 Å². The second-order valence-corrected chi connectivity index (χ2v) is 4.38. The second kappa shape index (κ2) is 8.11. The summed E-state index contributed by atoms with van der Waals surface area (Å²) in [6, 6.07) is 5.66. The van der Waals surface area contributed by atoms with E-state index in [1.54, 1.807) is 0 Å². The molecule has 1 N–H and O–H groups in total. The Hall–Kier alpha value is -1.27. The first kappa shape index (κ1) is 16.8. The van der Waals surface area contributed by atoms with Crippen LogP contribution in [0.15, 0.2) is 18.2 Å². The van der Waals surface area contributed by atoms with Gasteiger partial charge in [-0.2, -0.15) is 0 Å². The Morgan fingerprint density at radius 1 is 1.20 bits per heavy atom. The fourth-order valence-electron chi connectivity index (χ4n) is 1.76. The average molecular weight is 291 g/mol. The summed E-state index contributed by atoms with van der Waals surface area (Å²) in [5.41, 5.74) is 1.83. The Bertz CT molecular complexity index is 408. The topological polar surface area (TPSA) is 30.5 Å². The molecule has 3 nitrogen and oxygen atoms in total. The van der Waals surface area contributed by atoms with E-state index < -0.39 is 13.0 Å². The third-order valence-corrected chi connectivity index (χ3v) is 2.63. The zero-order chi connectivity index (χ0) is 15.0. The van der Waals surface area contributed by atoms with Crippen molar-refractivity contribution in [3.05, 3.63) is 29.3 Å². The number of aryl methyl sites for hydroxylation is 1. The molecule has 6 heteroatoms. The number of rotatable bonds is 8. The minimum atomic E-state index is -4.61. The maximum Gasteiger partial charge on any atom is 0.522 e. The monoisotopic (exact) mass is 291 g/mol. The average Bonchev–Trinajstić information content (AvgIpc) is 2.36. The number of benzene rings is 1. The van der Waals surface area contributed by atoms with E-state index in [0.29, 0.717) is 12.3 Å². The molecule has 1 aromatic carbocycles. The summed E-state index contributed by atoms with van der Waals surface area (Å²) in [6.07, 6.45) is -3.60. The Balaban J connectivity index is 2.54. The summed E-state index contributed by atoms with van der Waals surface area (Å²) in [6.45, 7) is 4.79. The highest BCUT2D eigenvalue weighted by Gasteiger charge is 2.28. The minimum Gasteiger partial charge on any atom is -0.491 e. The number of alkyl halides is 3. The minimum absolute atomic E-state index is 0.134. The molecular weight excluding hydrogens is 271 g/mol. The fourth-order valence-corrected chi connectivity index (χ4v) is 1.76. The molecule has 0 atom stereocenters. The quantitative estimate of drug-likeness (QED) is 0.745. The Morgan fingerprint density at radius 2 is 1.95 bits per heavy atom. The molecule has 0 fully saturated rings. The second-order valence-electron chi connectivity index (χ2n) is 4.38. The lowest BCUT2D eigenvalue weighted by Crippen LogP contribution is -2.19. The van der Waals surface area contributed by atoms with Gasteiger partial charge in [0.25, 0.3) is 0 Å². The molecule has 0 aromatic heterocycles. The third kappa shape index (κ3) is 6.25. The van der Waals surface area contributed by atoms with E-state index in [1.807, 2.05) is 25.1 Å². The lowest BCUT2D eigenvalue weighted by Gasteiger charge is -2.15. The maximum atomic E-state index is 11.9. The highest BCUT2D eigenvalue weighted by Crippen LogP contribution is 2.23. The van der Waals surface area contributed by atoms with Crippen molar-refractivity contribution in [2.24, 2.45) is 0 Å². The van der Waals surface area contributed by atoms with Crippen molar-refractivity contribution in [1.29, 1.82) is 0 Å². The van der Waals surface area contributed by atoms with Gasteiger partial charge in [-0.3, -0.25) is 4.74 Å². The van der Waals surface area contributed by atoms with E-state index in [9.17, 15) is 13.2 Å². The molecule has 0 unspecified atom stereocenters. The van der Waals surface area contributed by atoms with Crippen LogP contribution in [0.3, 0.4) is 0 Å². The van der Waals surface area contributed by atoms with Gasteiger partial charge in [-0.25, -0.2) is 0 Å². The molecule has 0 radical (unpaired) electrons. The van der Waals surface area contributed by atoms with Gasteiger partial charge in [-0.1, -0.05) is 25.1 Å². The number of nitrogens with one attached hydrogen (secondary N) is 1. The summed E-state index contributed by atoms with van der Waals surface area (Å²) in [5, 5.41) is 3.24. The predicted molar refractivity (Wildman–Crippen MR) is 70.7 cm³/mol. The van der Waals surface area contributed by atoms with E-state index in [1.165, 1.54) is 0 Å². The Kier molecular flexibility index (Phi) is 6.81. The molecule has 0 spiro atoms. The number of hydrogen-bond donors (Lipinski definition) is 1. The van der Waals surface area contributed by atoms with Crippen LogP contribution < -0.4 is 10.1 Å². The summed E-state index contributed by atoms with van der Waals surface area (Å²) < 4.78 is 44.7. The van der Waals surface area contributed by atoms with Crippen molar-refractivity contribution in [3.63, 3.8) is 0 Å². The zero-order valence-electron chi connectivity index (χ0n) is 11.7. The lowest BCUT2D eigenvalue weighted by molar-refractivity contribution is -0.325. The van der Waals surface area contributed by atoms with Crippen LogP contribution in [0.5, 0.6) is 5.75 Å². The normalized spacial score (nSPS) is 11.7. The van der Waals surface area contributed by atoms with Crippen molar-refractivity contribution < 1.29 is 22.6 Å². The molecule has 1 aromatic rings. The van der Waals surface area contributed by atoms with Crippen LogP contribution in [-0.2, 0) is 11.3 Å². The van der Waals surface area contributed by atoms with E-state index >= 15 is 0 Å². The number of halogens is 3. The van der Waals surface area contributed by atoms with Crippen molar-refractivity contribution in [3.8, 4) is 5.75 Å². The van der Waals surface area contributed by atoms with Crippen molar-refractivity contribution in [1.82, 2.24) is 5.32 Å². The summed E-state index contributed by atoms with van der Waals surface area (Å²) >= 11 is 0. The fraction of sp³-hybridized carbons (Fsp3) is 0.571. The van der Waals surface area contributed by atoms with Gasteiger partial charge in [0, 0.05) is 12.1 Å². The molecule has 0 amide bonds. The Morgan fingerprint density at radius 3 is 2.60 bits per heavy atom. The molecular formula is C14H20F3NO2. The highest BCUT2D eigenvalue weighted by atomic mass is 19.4. The standard InChI is InChI=1S/C14H20F3NO2/c1-3-7-18-10-12-6-4-5-11(2)13(12)19-8-9-20-14(15,16)17/h4-6,18H,3,7-10H2,1-2H3. The predicted octanol–water partition coefficient (Wildman–Crippen LogP) is 3.41. The summed E-state index contributed by atoms with van der Waals surface area (Å²) in [5.74, 6) is 0.627. The molecule has 0 aliphatic carbocycles.